The molecule has 142 valence electrons. The van der Waals surface area contributed by atoms with Crippen LogP contribution in [0.3, 0.4) is 0 Å². The maximum atomic E-state index is 13.1. The zero-order valence-corrected chi connectivity index (χ0v) is 17.1. The molecule has 0 unspecified atom stereocenters. The van der Waals surface area contributed by atoms with Gasteiger partial charge in [0, 0.05) is 22.7 Å². The van der Waals surface area contributed by atoms with Crippen LogP contribution >= 0.6 is 23.1 Å². The summed E-state index contributed by atoms with van der Waals surface area (Å²) in [5, 5.41) is 4.16. The highest BCUT2D eigenvalue weighted by atomic mass is 32.2. The average Bonchev–Trinajstić information content (AvgIpc) is 3.16. The smallest absolute Gasteiger partial charge is 0.262 e. The molecule has 4 aromatic rings. The van der Waals surface area contributed by atoms with E-state index < -0.39 is 0 Å². The molecule has 2 aromatic carbocycles. The molecule has 0 amide bonds. The van der Waals surface area contributed by atoms with Gasteiger partial charge in [-0.15, -0.1) is 11.3 Å². The Bertz CT molecular complexity index is 1180. The van der Waals surface area contributed by atoms with Crippen LogP contribution in [-0.2, 0) is 5.75 Å². The third-order valence-corrected chi connectivity index (χ3v) is 6.21. The lowest BCUT2D eigenvalue weighted by atomic mass is 10.2. The topological polar surface area (TPSA) is 47.8 Å². The van der Waals surface area contributed by atoms with E-state index in [0.29, 0.717) is 21.8 Å². The number of benzene rings is 2. The van der Waals surface area contributed by atoms with E-state index in [4.69, 9.17) is 4.98 Å². The number of fused-ring (bicyclic) bond motifs is 1. The monoisotopic (exact) mass is 411 g/mol. The quantitative estimate of drug-likeness (QED) is 0.320. The molecule has 2 aromatic heterocycles. The molecule has 7 heteroatoms. The summed E-state index contributed by atoms with van der Waals surface area (Å²) in [4.78, 5) is 22.2. The van der Waals surface area contributed by atoms with Crippen LogP contribution in [0.15, 0.2) is 63.9 Å². The van der Waals surface area contributed by atoms with E-state index >= 15 is 0 Å². The van der Waals surface area contributed by atoms with Gasteiger partial charge in [0.25, 0.3) is 5.56 Å². The van der Waals surface area contributed by atoms with Crippen LogP contribution in [0, 0.1) is 5.82 Å². The maximum Gasteiger partial charge on any atom is 0.262 e. The molecule has 0 fully saturated rings. The van der Waals surface area contributed by atoms with Crippen molar-refractivity contribution >= 4 is 34.0 Å². The molecule has 0 bridgehead atoms. The molecule has 0 atom stereocenters. The summed E-state index contributed by atoms with van der Waals surface area (Å²) >= 11 is 3.03. The Morgan fingerprint density at radius 2 is 1.86 bits per heavy atom. The minimum Gasteiger partial charge on any atom is -0.285 e. The predicted octanol–water partition coefficient (Wildman–Crippen LogP) is 5.53. The molecule has 28 heavy (non-hydrogen) atoms. The zero-order valence-electron chi connectivity index (χ0n) is 15.4. The molecule has 4 nitrogen and oxygen atoms in total. The summed E-state index contributed by atoms with van der Waals surface area (Å²) < 4.78 is 14.8. The first-order valence-corrected chi connectivity index (χ1v) is 10.7. The highest BCUT2D eigenvalue weighted by Crippen LogP contribution is 2.28. The summed E-state index contributed by atoms with van der Waals surface area (Å²) in [5.74, 6) is 0.347. The molecule has 0 aliphatic heterocycles. The number of para-hydroxylation sites is 1. The highest BCUT2D eigenvalue weighted by Gasteiger charge is 2.15. The summed E-state index contributed by atoms with van der Waals surface area (Å²) in [6.07, 6.45) is 0. The number of hydrogen-bond donors (Lipinski definition) is 0. The van der Waals surface area contributed by atoms with Gasteiger partial charge in [0.15, 0.2) is 5.16 Å². The average molecular weight is 412 g/mol. The Morgan fingerprint density at radius 1 is 1.11 bits per heavy atom. The van der Waals surface area contributed by atoms with Crippen molar-refractivity contribution in [1.29, 1.82) is 0 Å². The molecule has 0 saturated carbocycles. The van der Waals surface area contributed by atoms with E-state index in [0.717, 1.165) is 16.3 Å². The van der Waals surface area contributed by atoms with Gasteiger partial charge in [0.05, 0.1) is 16.6 Å². The molecule has 0 spiro atoms. The summed E-state index contributed by atoms with van der Waals surface area (Å²) in [5.41, 5.74) is 2.49. The first kappa shape index (κ1) is 18.8. The Kier molecular flexibility index (Phi) is 5.28. The second-order valence-corrected chi connectivity index (χ2v) is 8.42. The molecular weight excluding hydrogens is 393 g/mol. The van der Waals surface area contributed by atoms with Gasteiger partial charge in [-0.25, -0.2) is 14.4 Å². The molecular formula is C21H18FN3OS2. The van der Waals surface area contributed by atoms with Crippen LogP contribution in [0.25, 0.3) is 21.5 Å². The van der Waals surface area contributed by atoms with Crippen molar-refractivity contribution in [3.63, 3.8) is 0 Å². The number of thioether (sulfide) groups is 1. The van der Waals surface area contributed by atoms with Crippen molar-refractivity contribution in [2.45, 2.75) is 30.8 Å². The number of nitrogens with zero attached hydrogens (tertiary/aromatic N) is 3. The fraction of sp³-hybridized carbons (Fsp3) is 0.190. The van der Waals surface area contributed by atoms with E-state index in [1.165, 1.54) is 35.2 Å². The summed E-state index contributed by atoms with van der Waals surface area (Å²) in [6.45, 7) is 3.97. The van der Waals surface area contributed by atoms with Crippen LogP contribution in [0.2, 0.25) is 0 Å². The fourth-order valence-corrected chi connectivity index (χ4v) is 4.87. The standard InChI is InChI=1S/C21H18FN3OS2/c1-13(2)25-20(26)17-5-3-4-6-18(17)24-21(25)28-12-16-11-27-19(23-16)14-7-9-15(22)10-8-14/h3-11,13H,12H2,1-2H3. The third-order valence-electron chi connectivity index (χ3n) is 4.28. The van der Waals surface area contributed by atoms with Crippen LogP contribution in [0.1, 0.15) is 25.6 Å². The van der Waals surface area contributed by atoms with Crippen LogP contribution in [-0.4, -0.2) is 14.5 Å². The van der Waals surface area contributed by atoms with E-state index in [1.54, 1.807) is 16.7 Å². The van der Waals surface area contributed by atoms with Crippen molar-refractivity contribution < 1.29 is 4.39 Å². The second-order valence-electron chi connectivity index (χ2n) is 6.62. The fourth-order valence-electron chi connectivity index (χ4n) is 2.92. The predicted molar refractivity (Wildman–Crippen MR) is 113 cm³/mol. The lowest BCUT2D eigenvalue weighted by molar-refractivity contribution is 0.519. The van der Waals surface area contributed by atoms with Gasteiger partial charge in [-0.1, -0.05) is 23.9 Å². The molecule has 0 aliphatic carbocycles. The molecule has 4 rings (SSSR count). The number of halogens is 1. The van der Waals surface area contributed by atoms with E-state index in [1.807, 2.05) is 43.5 Å². The van der Waals surface area contributed by atoms with Gasteiger partial charge in [-0.3, -0.25) is 9.36 Å². The van der Waals surface area contributed by atoms with Crippen molar-refractivity contribution in [2.24, 2.45) is 0 Å². The Labute approximate surface area is 170 Å². The van der Waals surface area contributed by atoms with Crippen LogP contribution in [0.4, 0.5) is 4.39 Å². The molecule has 2 heterocycles. The molecule has 0 radical (unpaired) electrons. The van der Waals surface area contributed by atoms with Crippen molar-refractivity contribution in [3.8, 4) is 10.6 Å². The Morgan fingerprint density at radius 3 is 2.61 bits per heavy atom. The van der Waals surface area contributed by atoms with Crippen molar-refractivity contribution in [2.75, 3.05) is 0 Å². The maximum absolute atomic E-state index is 13.1. The first-order chi connectivity index (χ1) is 13.5. The highest BCUT2D eigenvalue weighted by molar-refractivity contribution is 7.98. The second kappa shape index (κ2) is 7.85. The molecule has 0 aliphatic rings. The normalized spacial score (nSPS) is 11.4. The van der Waals surface area contributed by atoms with Gasteiger partial charge in [-0.2, -0.15) is 0 Å². The number of rotatable bonds is 5. The van der Waals surface area contributed by atoms with E-state index in [-0.39, 0.29) is 17.4 Å². The molecule has 0 saturated heterocycles. The van der Waals surface area contributed by atoms with Gasteiger partial charge in [0.2, 0.25) is 0 Å². The zero-order chi connectivity index (χ0) is 19.7. The molecule has 0 N–H and O–H groups in total. The minimum absolute atomic E-state index is 0.0114. The van der Waals surface area contributed by atoms with Gasteiger partial charge >= 0.3 is 0 Å². The van der Waals surface area contributed by atoms with Crippen LogP contribution in [0.5, 0.6) is 0 Å². The summed E-state index contributed by atoms with van der Waals surface area (Å²) in [6, 6.07) is 13.8. The number of aromatic nitrogens is 3. The number of hydrogen-bond acceptors (Lipinski definition) is 5. The van der Waals surface area contributed by atoms with Crippen molar-refractivity contribution in [1.82, 2.24) is 14.5 Å². The lowest BCUT2D eigenvalue weighted by Crippen LogP contribution is -2.25. The minimum atomic E-state index is -0.259. The lowest BCUT2D eigenvalue weighted by Gasteiger charge is -2.15. The number of thiazole rings is 1. The van der Waals surface area contributed by atoms with Crippen LogP contribution < -0.4 is 5.56 Å². The third kappa shape index (κ3) is 3.72. The van der Waals surface area contributed by atoms with E-state index in [2.05, 4.69) is 4.98 Å². The SMILES string of the molecule is CC(C)n1c(SCc2csc(-c3ccc(F)cc3)n2)nc2ccccc2c1=O. The Balaban J connectivity index is 1.62. The van der Waals surface area contributed by atoms with Crippen molar-refractivity contribution in [3.05, 3.63) is 75.8 Å². The van der Waals surface area contributed by atoms with Gasteiger partial charge < -0.3 is 0 Å². The van der Waals surface area contributed by atoms with Gasteiger partial charge in [-0.05, 0) is 50.2 Å². The Hall–Kier alpha value is -2.51. The largest absolute Gasteiger partial charge is 0.285 e. The first-order valence-electron chi connectivity index (χ1n) is 8.87. The summed E-state index contributed by atoms with van der Waals surface area (Å²) in [7, 11) is 0. The van der Waals surface area contributed by atoms with E-state index in [9.17, 15) is 9.18 Å². The van der Waals surface area contributed by atoms with Gasteiger partial charge in [0.1, 0.15) is 10.8 Å².